The summed E-state index contributed by atoms with van der Waals surface area (Å²) in [6.45, 7) is 3.93. The molecule has 22 heavy (non-hydrogen) atoms. The summed E-state index contributed by atoms with van der Waals surface area (Å²) in [6.07, 6.45) is 1.79. The summed E-state index contributed by atoms with van der Waals surface area (Å²) in [5.74, 6) is 0.861. The van der Waals surface area contributed by atoms with E-state index in [1.54, 1.807) is 6.20 Å². The van der Waals surface area contributed by atoms with Crippen LogP contribution in [0.15, 0.2) is 65.8 Å². The zero-order valence-corrected chi connectivity index (χ0v) is 12.6. The van der Waals surface area contributed by atoms with E-state index >= 15 is 0 Å². The summed E-state index contributed by atoms with van der Waals surface area (Å²) in [7, 11) is 0. The van der Waals surface area contributed by atoms with E-state index in [4.69, 9.17) is 9.73 Å². The van der Waals surface area contributed by atoms with Crippen LogP contribution in [0.4, 0.5) is 0 Å². The van der Waals surface area contributed by atoms with Gasteiger partial charge < -0.3 is 4.74 Å². The highest BCUT2D eigenvalue weighted by atomic mass is 16.5. The van der Waals surface area contributed by atoms with Crippen molar-refractivity contribution in [3.8, 4) is 5.75 Å². The fraction of sp³-hybridized carbons (Fsp3) is 0.158. The van der Waals surface area contributed by atoms with Crippen molar-refractivity contribution in [2.75, 3.05) is 0 Å². The van der Waals surface area contributed by atoms with E-state index in [1.807, 2.05) is 44.2 Å². The van der Waals surface area contributed by atoms with Crippen molar-refractivity contribution in [3.05, 3.63) is 72.1 Å². The number of aliphatic imine (C=N–C) groups is 1. The molecule has 0 bridgehead atoms. The highest BCUT2D eigenvalue weighted by molar-refractivity contribution is 6.15. The van der Waals surface area contributed by atoms with Gasteiger partial charge in [-0.1, -0.05) is 30.3 Å². The Morgan fingerprint density at radius 2 is 1.64 bits per heavy atom. The molecule has 0 saturated heterocycles. The predicted octanol–water partition coefficient (Wildman–Crippen LogP) is 4.20. The summed E-state index contributed by atoms with van der Waals surface area (Å²) in [5, 5.41) is 2.34. The fourth-order valence-electron chi connectivity index (χ4n) is 2.81. The summed E-state index contributed by atoms with van der Waals surface area (Å²) in [4.78, 5) is 9.23. The van der Waals surface area contributed by atoms with Crippen LogP contribution < -0.4 is 4.74 Å². The molecule has 0 fully saturated rings. The van der Waals surface area contributed by atoms with Crippen molar-refractivity contribution in [2.45, 2.75) is 19.6 Å². The van der Waals surface area contributed by atoms with Gasteiger partial charge in [0.25, 0.3) is 0 Å². The standard InChI is InChI=1S/C19H16N2O/c1-19(2)21-18(16-9-5-6-10-20-16)15-11-13-7-3-4-8-14(13)12-17(15)22-19/h3-12H,1-2H3. The monoisotopic (exact) mass is 288 g/mol. The van der Waals surface area contributed by atoms with E-state index in [0.29, 0.717) is 0 Å². The maximum Gasteiger partial charge on any atom is 0.195 e. The van der Waals surface area contributed by atoms with E-state index in [0.717, 1.165) is 22.7 Å². The smallest absolute Gasteiger partial charge is 0.195 e. The Hall–Kier alpha value is -2.68. The molecule has 3 heteroatoms. The van der Waals surface area contributed by atoms with Crippen LogP contribution >= 0.6 is 0 Å². The molecule has 0 N–H and O–H groups in total. The molecule has 2 aromatic carbocycles. The average Bonchev–Trinajstić information content (AvgIpc) is 2.52. The van der Waals surface area contributed by atoms with Gasteiger partial charge in [-0.25, -0.2) is 4.99 Å². The molecule has 1 aliphatic heterocycles. The van der Waals surface area contributed by atoms with Gasteiger partial charge >= 0.3 is 0 Å². The maximum atomic E-state index is 6.06. The third kappa shape index (κ3) is 2.15. The molecule has 1 aliphatic rings. The van der Waals surface area contributed by atoms with Crippen LogP contribution in [0.2, 0.25) is 0 Å². The fourth-order valence-corrected chi connectivity index (χ4v) is 2.81. The second-order valence-electron chi connectivity index (χ2n) is 5.92. The molecule has 3 aromatic rings. The summed E-state index contributed by atoms with van der Waals surface area (Å²) >= 11 is 0. The molecule has 0 amide bonds. The molecule has 0 atom stereocenters. The number of ether oxygens (including phenoxy) is 1. The van der Waals surface area contributed by atoms with Crippen LogP contribution in [0.3, 0.4) is 0 Å². The van der Waals surface area contributed by atoms with Crippen molar-refractivity contribution < 1.29 is 4.74 Å². The number of aromatic nitrogens is 1. The Morgan fingerprint density at radius 3 is 2.36 bits per heavy atom. The van der Waals surface area contributed by atoms with E-state index < -0.39 is 5.72 Å². The minimum Gasteiger partial charge on any atom is -0.466 e. The van der Waals surface area contributed by atoms with Gasteiger partial charge in [-0.3, -0.25) is 4.98 Å². The lowest BCUT2D eigenvalue weighted by Gasteiger charge is -2.30. The van der Waals surface area contributed by atoms with Crippen LogP contribution in [0, 0.1) is 0 Å². The molecule has 0 aliphatic carbocycles. The number of fused-ring (bicyclic) bond motifs is 2. The number of rotatable bonds is 1. The number of benzene rings is 2. The van der Waals surface area contributed by atoms with Crippen molar-refractivity contribution in [1.29, 1.82) is 0 Å². The van der Waals surface area contributed by atoms with Crippen molar-refractivity contribution in [1.82, 2.24) is 4.98 Å². The van der Waals surface area contributed by atoms with E-state index in [-0.39, 0.29) is 0 Å². The average molecular weight is 288 g/mol. The number of hydrogen-bond acceptors (Lipinski definition) is 3. The van der Waals surface area contributed by atoms with Gasteiger partial charge in [-0.15, -0.1) is 0 Å². The molecular formula is C19H16N2O. The lowest BCUT2D eigenvalue weighted by atomic mass is 9.98. The third-order valence-corrected chi connectivity index (χ3v) is 3.75. The quantitative estimate of drug-likeness (QED) is 0.672. The van der Waals surface area contributed by atoms with Gasteiger partial charge in [0, 0.05) is 11.8 Å². The molecule has 0 radical (unpaired) electrons. The molecule has 0 unspecified atom stereocenters. The van der Waals surface area contributed by atoms with Crippen LogP contribution in [-0.2, 0) is 0 Å². The Bertz CT molecular complexity index is 882. The second kappa shape index (κ2) is 4.67. The van der Waals surface area contributed by atoms with Gasteiger partial charge in [0.1, 0.15) is 5.75 Å². The summed E-state index contributed by atoms with van der Waals surface area (Å²) in [5.41, 5.74) is 2.16. The Labute approximate surface area is 129 Å². The number of nitrogens with zero attached hydrogens (tertiary/aromatic N) is 2. The molecular weight excluding hydrogens is 272 g/mol. The first-order valence-corrected chi connectivity index (χ1v) is 7.36. The first-order chi connectivity index (χ1) is 10.6. The van der Waals surface area contributed by atoms with Crippen LogP contribution in [0.25, 0.3) is 10.8 Å². The minimum absolute atomic E-state index is 0.595. The third-order valence-electron chi connectivity index (χ3n) is 3.75. The number of pyridine rings is 1. The lowest BCUT2D eigenvalue weighted by molar-refractivity contribution is 0.115. The van der Waals surface area contributed by atoms with Gasteiger partial charge in [0.05, 0.1) is 11.4 Å². The topological polar surface area (TPSA) is 34.5 Å². The van der Waals surface area contributed by atoms with Crippen LogP contribution in [0.1, 0.15) is 25.1 Å². The zero-order valence-electron chi connectivity index (χ0n) is 12.6. The second-order valence-corrected chi connectivity index (χ2v) is 5.92. The van der Waals surface area contributed by atoms with Crippen LogP contribution in [0.5, 0.6) is 5.75 Å². The highest BCUT2D eigenvalue weighted by Crippen LogP contribution is 2.35. The minimum atomic E-state index is -0.595. The Kier molecular flexibility index (Phi) is 2.76. The van der Waals surface area contributed by atoms with Gasteiger partial charge in [0.15, 0.2) is 5.72 Å². The van der Waals surface area contributed by atoms with Crippen LogP contribution in [-0.4, -0.2) is 16.4 Å². The van der Waals surface area contributed by atoms with Crippen molar-refractivity contribution >= 4 is 16.5 Å². The van der Waals surface area contributed by atoms with Crippen molar-refractivity contribution in [3.63, 3.8) is 0 Å². The predicted molar refractivity (Wildman–Crippen MR) is 88.5 cm³/mol. The lowest BCUT2D eigenvalue weighted by Crippen LogP contribution is -2.32. The summed E-state index contributed by atoms with van der Waals surface area (Å²) < 4.78 is 6.06. The van der Waals surface area contributed by atoms with E-state index in [2.05, 4.69) is 29.2 Å². The molecule has 0 saturated carbocycles. The molecule has 1 aromatic heterocycles. The highest BCUT2D eigenvalue weighted by Gasteiger charge is 2.29. The molecule has 108 valence electrons. The number of hydrogen-bond donors (Lipinski definition) is 0. The summed E-state index contributed by atoms with van der Waals surface area (Å²) in [6, 6.07) is 18.4. The molecule has 0 spiro atoms. The zero-order chi connectivity index (χ0) is 15.2. The Morgan fingerprint density at radius 1 is 0.909 bits per heavy atom. The van der Waals surface area contributed by atoms with Gasteiger partial charge in [-0.05, 0) is 48.9 Å². The molecule has 2 heterocycles. The van der Waals surface area contributed by atoms with E-state index in [1.165, 1.54) is 10.8 Å². The normalized spacial score (nSPS) is 15.8. The van der Waals surface area contributed by atoms with E-state index in [9.17, 15) is 0 Å². The van der Waals surface area contributed by atoms with Crippen molar-refractivity contribution in [2.24, 2.45) is 4.99 Å². The Balaban J connectivity index is 1.99. The first-order valence-electron chi connectivity index (χ1n) is 7.36. The largest absolute Gasteiger partial charge is 0.466 e. The van der Waals surface area contributed by atoms with Gasteiger partial charge in [0.2, 0.25) is 0 Å². The first kappa shape index (κ1) is 13.0. The molecule has 4 rings (SSSR count). The SMILES string of the molecule is CC1(C)N=C(c2ccccn2)c2cc3ccccc3cc2O1. The maximum absolute atomic E-state index is 6.06. The van der Waals surface area contributed by atoms with Gasteiger partial charge in [-0.2, -0.15) is 0 Å². The molecule has 3 nitrogen and oxygen atoms in total.